The summed E-state index contributed by atoms with van der Waals surface area (Å²) < 4.78 is 0. The normalized spacial score (nSPS) is 27.4. The molecule has 1 aromatic rings. The van der Waals surface area contributed by atoms with E-state index in [1.807, 2.05) is 0 Å². The summed E-state index contributed by atoms with van der Waals surface area (Å²) in [6, 6.07) is 3.29. The molecule has 0 spiro atoms. The van der Waals surface area contributed by atoms with Gasteiger partial charge in [0.2, 0.25) is 0 Å². The number of hydrogen-bond acceptors (Lipinski definition) is 5. The third-order valence-corrected chi connectivity index (χ3v) is 4.69. The highest BCUT2D eigenvalue weighted by molar-refractivity contribution is 7.15. The van der Waals surface area contributed by atoms with Crippen LogP contribution in [0.15, 0.2) is 12.1 Å². The van der Waals surface area contributed by atoms with Crippen LogP contribution in [0.2, 0.25) is 0 Å². The van der Waals surface area contributed by atoms with Crippen LogP contribution < -0.4 is 5.32 Å². The maximum Gasteiger partial charge on any atom is 0.324 e. The van der Waals surface area contributed by atoms with Crippen molar-refractivity contribution in [3.8, 4) is 0 Å². The zero-order valence-electron chi connectivity index (χ0n) is 11.1. The summed E-state index contributed by atoms with van der Waals surface area (Å²) in [5, 5.41) is 24.4. The van der Waals surface area contributed by atoms with E-state index >= 15 is 0 Å². The Morgan fingerprint density at radius 3 is 3.05 bits per heavy atom. The molecule has 2 rings (SSSR count). The molecule has 0 amide bonds. The van der Waals surface area contributed by atoms with Gasteiger partial charge in [0.15, 0.2) is 0 Å². The van der Waals surface area contributed by atoms with Crippen molar-refractivity contribution in [3.63, 3.8) is 0 Å². The first kappa shape index (κ1) is 14.4. The Hall–Kier alpha value is -0.980. The van der Waals surface area contributed by atoms with Gasteiger partial charge in [-0.05, 0) is 24.8 Å². The zero-order valence-corrected chi connectivity index (χ0v) is 11.9. The minimum absolute atomic E-state index is 0.168. The van der Waals surface area contributed by atoms with Crippen LogP contribution in [0.25, 0.3) is 0 Å². The van der Waals surface area contributed by atoms with E-state index < -0.39 is 5.60 Å². The molecule has 2 N–H and O–H groups in total. The van der Waals surface area contributed by atoms with E-state index in [2.05, 4.69) is 12.2 Å². The van der Waals surface area contributed by atoms with Crippen molar-refractivity contribution in [2.45, 2.75) is 44.8 Å². The van der Waals surface area contributed by atoms with Crippen LogP contribution >= 0.6 is 11.3 Å². The number of nitrogens with zero attached hydrogens (tertiary/aromatic N) is 1. The molecule has 0 aliphatic heterocycles. The zero-order chi connectivity index (χ0) is 13.9. The molecule has 2 atom stereocenters. The van der Waals surface area contributed by atoms with Crippen molar-refractivity contribution < 1.29 is 10.0 Å². The van der Waals surface area contributed by atoms with E-state index in [1.54, 1.807) is 6.07 Å². The molecular weight excluding hydrogens is 264 g/mol. The molecule has 0 radical (unpaired) electrons. The van der Waals surface area contributed by atoms with Crippen LogP contribution in [-0.4, -0.2) is 22.2 Å². The van der Waals surface area contributed by atoms with Gasteiger partial charge in [0.05, 0.1) is 10.5 Å². The fourth-order valence-corrected chi connectivity index (χ4v) is 3.56. The maximum atomic E-state index is 10.6. The molecule has 0 bridgehead atoms. The Balaban J connectivity index is 1.80. The molecule has 106 valence electrons. The standard InChI is InChI=1S/C13H20N2O3S/c1-10-3-2-6-13(16,7-10)9-14-8-11-4-5-12(19-11)15(17)18/h4-5,10,14,16H,2-3,6-9H2,1H3. The Morgan fingerprint density at radius 2 is 2.42 bits per heavy atom. The molecule has 5 nitrogen and oxygen atoms in total. The minimum Gasteiger partial charge on any atom is -0.389 e. The fourth-order valence-electron chi connectivity index (χ4n) is 2.77. The molecule has 1 fully saturated rings. The average molecular weight is 284 g/mol. The van der Waals surface area contributed by atoms with Gasteiger partial charge >= 0.3 is 5.00 Å². The van der Waals surface area contributed by atoms with Crippen molar-refractivity contribution in [3.05, 3.63) is 27.1 Å². The summed E-state index contributed by atoms with van der Waals surface area (Å²) in [6.45, 7) is 3.31. The molecule has 1 aliphatic carbocycles. The smallest absolute Gasteiger partial charge is 0.324 e. The van der Waals surface area contributed by atoms with Gasteiger partial charge in [-0.25, -0.2) is 0 Å². The lowest BCUT2D eigenvalue weighted by atomic mass is 9.79. The number of rotatable bonds is 5. The molecule has 1 aromatic heterocycles. The second-order valence-electron chi connectivity index (χ2n) is 5.53. The summed E-state index contributed by atoms with van der Waals surface area (Å²) in [4.78, 5) is 11.1. The topological polar surface area (TPSA) is 75.4 Å². The Bertz CT molecular complexity index is 449. The van der Waals surface area contributed by atoms with Crippen molar-refractivity contribution in [2.24, 2.45) is 5.92 Å². The summed E-state index contributed by atoms with van der Waals surface area (Å²) in [7, 11) is 0. The van der Waals surface area contributed by atoms with Gasteiger partial charge in [-0.15, -0.1) is 0 Å². The number of thiophene rings is 1. The molecule has 1 aliphatic rings. The first-order valence-electron chi connectivity index (χ1n) is 6.65. The van der Waals surface area contributed by atoms with Crippen LogP contribution in [0, 0.1) is 16.0 Å². The van der Waals surface area contributed by atoms with Gasteiger partial charge in [-0.1, -0.05) is 31.1 Å². The second kappa shape index (κ2) is 5.98. The van der Waals surface area contributed by atoms with Crippen LogP contribution in [0.4, 0.5) is 5.00 Å². The lowest BCUT2D eigenvalue weighted by molar-refractivity contribution is -0.380. The fraction of sp³-hybridized carbons (Fsp3) is 0.692. The van der Waals surface area contributed by atoms with Gasteiger partial charge in [-0.2, -0.15) is 0 Å². The van der Waals surface area contributed by atoms with Crippen molar-refractivity contribution in [1.29, 1.82) is 0 Å². The monoisotopic (exact) mass is 284 g/mol. The number of nitro groups is 1. The van der Waals surface area contributed by atoms with Crippen molar-refractivity contribution in [1.82, 2.24) is 5.32 Å². The van der Waals surface area contributed by atoms with Crippen LogP contribution in [0.1, 0.15) is 37.5 Å². The van der Waals surface area contributed by atoms with Gasteiger partial charge in [0.1, 0.15) is 0 Å². The quantitative estimate of drug-likeness (QED) is 0.644. The van der Waals surface area contributed by atoms with Crippen LogP contribution in [0.3, 0.4) is 0 Å². The molecular formula is C13H20N2O3S. The minimum atomic E-state index is -0.610. The molecule has 2 unspecified atom stereocenters. The SMILES string of the molecule is CC1CCCC(O)(CNCc2ccc([N+](=O)[O-])s2)C1. The van der Waals surface area contributed by atoms with E-state index in [4.69, 9.17) is 0 Å². The molecule has 19 heavy (non-hydrogen) atoms. The van der Waals surface area contributed by atoms with E-state index in [1.165, 1.54) is 23.8 Å². The highest BCUT2D eigenvalue weighted by atomic mass is 32.1. The molecule has 0 aromatic carbocycles. The third-order valence-electron chi connectivity index (χ3n) is 3.65. The first-order chi connectivity index (χ1) is 8.98. The number of hydrogen-bond donors (Lipinski definition) is 2. The predicted octanol–water partition coefficient (Wildman–Crippen LogP) is 2.69. The maximum absolute atomic E-state index is 10.6. The van der Waals surface area contributed by atoms with Crippen LogP contribution in [-0.2, 0) is 6.54 Å². The van der Waals surface area contributed by atoms with E-state index in [-0.39, 0.29) is 9.92 Å². The van der Waals surface area contributed by atoms with Gasteiger partial charge in [0.25, 0.3) is 0 Å². The molecule has 0 saturated heterocycles. The second-order valence-corrected chi connectivity index (χ2v) is 6.67. The number of nitrogens with one attached hydrogen (secondary N) is 1. The van der Waals surface area contributed by atoms with Crippen LogP contribution in [0.5, 0.6) is 0 Å². The first-order valence-corrected chi connectivity index (χ1v) is 7.46. The van der Waals surface area contributed by atoms with Crippen molar-refractivity contribution in [2.75, 3.05) is 6.54 Å². The van der Waals surface area contributed by atoms with E-state index in [0.717, 1.165) is 24.1 Å². The molecule has 1 saturated carbocycles. The number of aliphatic hydroxyl groups is 1. The summed E-state index contributed by atoms with van der Waals surface area (Å²) in [5.74, 6) is 0.573. The predicted molar refractivity (Wildman–Crippen MR) is 75.3 cm³/mol. The average Bonchev–Trinajstić information content (AvgIpc) is 2.77. The van der Waals surface area contributed by atoms with Gasteiger partial charge in [-0.3, -0.25) is 10.1 Å². The summed E-state index contributed by atoms with van der Waals surface area (Å²) in [5.41, 5.74) is -0.610. The summed E-state index contributed by atoms with van der Waals surface area (Å²) >= 11 is 1.18. The Kier molecular flexibility index (Phi) is 4.54. The van der Waals surface area contributed by atoms with E-state index in [9.17, 15) is 15.2 Å². The largest absolute Gasteiger partial charge is 0.389 e. The third kappa shape index (κ3) is 3.99. The molecule has 1 heterocycles. The van der Waals surface area contributed by atoms with Crippen molar-refractivity contribution >= 4 is 16.3 Å². The van der Waals surface area contributed by atoms with E-state index in [0.29, 0.717) is 19.0 Å². The lowest BCUT2D eigenvalue weighted by Gasteiger charge is -2.35. The van der Waals surface area contributed by atoms with Gasteiger partial charge in [0, 0.05) is 24.0 Å². The Labute approximate surface area is 116 Å². The lowest BCUT2D eigenvalue weighted by Crippen LogP contribution is -2.43. The molecule has 6 heteroatoms. The summed E-state index contributed by atoms with van der Waals surface area (Å²) in [6.07, 6.45) is 3.95. The van der Waals surface area contributed by atoms with Gasteiger partial charge < -0.3 is 10.4 Å². The highest BCUT2D eigenvalue weighted by Crippen LogP contribution is 2.31. The highest BCUT2D eigenvalue weighted by Gasteiger charge is 2.32. The Morgan fingerprint density at radius 1 is 1.63 bits per heavy atom.